The summed E-state index contributed by atoms with van der Waals surface area (Å²) in [5.74, 6) is -0.596. The largest absolute Gasteiger partial charge is 0.416 e. The Balaban J connectivity index is 3.03. The molecule has 0 aliphatic heterocycles. The van der Waals surface area contributed by atoms with E-state index in [0.29, 0.717) is 11.1 Å². The number of nitrogens with two attached hydrogens (primary N) is 1. The van der Waals surface area contributed by atoms with Gasteiger partial charge in [-0.15, -0.1) is 0 Å². The molecule has 0 radical (unpaired) electrons. The molecule has 17 heavy (non-hydrogen) atoms. The summed E-state index contributed by atoms with van der Waals surface area (Å²) in [7, 11) is 0. The van der Waals surface area contributed by atoms with Crippen molar-refractivity contribution in [3.05, 3.63) is 34.9 Å². The lowest BCUT2D eigenvalue weighted by atomic mass is 10.0. The van der Waals surface area contributed by atoms with Gasteiger partial charge in [-0.2, -0.15) is 13.2 Å². The lowest BCUT2D eigenvalue weighted by Gasteiger charge is -2.12. The molecule has 0 saturated carbocycles. The summed E-state index contributed by atoms with van der Waals surface area (Å²) < 4.78 is 37.5. The van der Waals surface area contributed by atoms with E-state index in [2.05, 4.69) is 15.9 Å². The number of halogens is 4. The van der Waals surface area contributed by atoms with Crippen molar-refractivity contribution in [1.82, 2.24) is 0 Å². The Labute approximate surface area is 105 Å². The Morgan fingerprint density at radius 1 is 1.47 bits per heavy atom. The molecule has 1 rings (SSSR count). The van der Waals surface area contributed by atoms with Crippen LogP contribution >= 0.6 is 15.9 Å². The van der Waals surface area contributed by atoms with Crippen molar-refractivity contribution in [2.24, 2.45) is 5.73 Å². The maximum atomic E-state index is 12.5. The molecule has 0 fully saturated rings. The summed E-state index contributed by atoms with van der Waals surface area (Å²) in [6.45, 7) is 1.69. The molecule has 0 aromatic heterocycles. The molecule has 94 valence electrons. The average Bonchev–Trinajstić information content (AvgIpc) is 2.19. The molecule has 2 nitrogen and oxygen atoms in total. The van der Waals surface area contributed by atoms with Crippen LogP contribution in [-0.4, -0.2) is 10.7 Å². The molecule has 1 aromatic rings. The van der Waals surface area contributed by atoms with Crippen molar-refractivity contribution < 1.29 is 18.0 Å². The number of rotatable bonds is 3. The van der Waals surface area contributed by atoms with Gasteiger partial charge in [0.2, 0.25) is 5.91 Å². The van der Waals surface area contributed by atoms with Gasteiger partial charge in [0.05, 0.1) is 10.4 Å². The maximum absolute atomic E-state index is 12.5. The number of carbonyl (C=O) groups excluding carboxylic acids is 1. The minimum atomic E-state index is -4.38. The normalized spacial score (nSPS) is 13.5. The second kappa shape index (κ2) is 5.08. The van der Waals surface area contributed by atoms with Crippen molar-refractivity contribution in [3.63, 3.8) is 0 Å². The van der Waals surface area contributed by atoms with Gasteiger partial charge in [-0.25, -0.2) is 0 Å². The van der Waals surface area contributed by atoms with Crippen molar-refractivity contribution in [2.75, 3.05) is 0 Å². The number of benzene rings is 1. The van der Waals surface area contributed by atoms with Crippen LogP contribution in [0.15, 0.2) is 18.2 Å². The van der Waals surface area contributed by atoms with E-state index in [4.69, 9.17) is 5.73 Å². The van der Waals surface area contributed by atoms with Crippen molar-refractivity contribution in [2.45, 2.75) is 24.3 Å². The first-order chi connectivity index (χ1) is 7.71. The molecule has 6 heteroatoms. The highest BCUT2D eigenvalue weighted by atomic mass is 79.9. The summed E-state index contributed by atoms with van der Waals surface area (Å²) in [6.07, 6.45) is -4.23. The molecular weight excluding hydrogens is 299 g/mol. The first kappa shape index (κ1) is 14.0. The minimum absolute atomic E-state index is 0.144. The van der Waals surface area contributed by atoms with Gasteiger partial charge in [0.25, 0.3) is 0 Å². The number of alkyl halides is 4. The van der Waals surface area contributed by atoms with E-state index in [0.717, 1.165) is 12.1 Å². The molecule has 1 amide bonds. The fraction of sp³-hybridized carbons (Fsp3) is 0.364. The van der Waals surface area contributed by atoms with Gasteiger partial charge in [0.1, 0.15) is 0 Å². The number of primary amides is 1. The average molecular weight is 310 g/mol. The summed E-state index contributed by atoms with van der Waals surface area (Å²) in [4.78, 5) is 10.2. The Hall–Kier alpha value is -1.04. The van der Waals surface area contributed by atoms with Crippen molar-refractivity contribution in [3.8, 4) is 0 Å². The van der Waals surface area contributed by atoms with Crippen LogP contribution in [0, 0.1) is 6.92 Å². The predicted molar refractivity (Wildman–Crippen MR) is 61.8 cm³/mol. The van der Waals surface area contributed by atoms with E-state index in [9.17, 15) is 18.0 Å². The highest BCUT2D eigenvalue weighted by molar-refractivity contribution is 9.10. The maximum Gasteiger partial charge on any atom is 0.416 e. The number of hydrogen-bond donors (Lipinski definition) is 1. The molecule has 0 aliphatic carbocycles. The summed E-state index contributed by atoms with van der Waals surface area (Å²) in [5, 5.41) is 0. The third kappa shape index (κ3) is 3.73. The van der Waals surface area contributed by atoms with Gasteiger partial charge < -0.3 is 5.73 Å². The molecular formula is C11H11BrF3NO. The van der Waals surface area contributed by atoms with E-state index in [1.165, 1.54) is 6.07 Å². The Kier molecular flexibility index (Phi) is 4.19. The first-order valence-electron chi connectivity index (χ1n) is 4.82. The van der Waals surface area contributed by atoms with E-state index in [1.54, 1.807) is 6.92 Å². The third-order valence-electron chi connectivity index (χ3n) is 2.38. The van der Waals surface area contributed by atoms with Crippen LogP contribution in [0.25, 0.3) is 0 Å². The zero-order valence-corrected chi connectivity index (χ0v) is 10.6. The highest BCUT2D eigenvalue weighted by Gasteiger charge is 2.31. The van der Waals surface area contributed by atoms with Gasteiger partial charge in [-0.05, 0) is 36.6 Å². The summed E-state index contributed by atoms with van der Waals surface area (Å²) in [5.41, 5.74) is 5.49. The topological polar surface area (TPSA) is 43.1 Å². The first-order valence-corrected chi connectivity index (χ1v) is 5.73. The summed E-state index contributed by atoms with van der Waals surface area (Å²) >= 11 is 3.03. The molecule has 2 N–H and O–H groups in total. The Morgan fingerprint density at radius 3 is 2.53 bits per heavy atom. The van der Waals surface area contributed by atoms with Crippen LogP contribution in [0.5, 0.6) is 0 Å². The quantitative estimate of drug-likeness (QED) is 0.857. The van der Waals surface area contributed by atoms with Crippen LogP contribution < -0.4 is 5.73 Å². The predicted octanol–water partition coefficient (Wildman–Crippen LogP) is 2.81. The molecule has 0 bridgehead atoms. The Morgan fingerprint density at radius 2 is 2.06 bits per heavy atom. The van der Waals surface area contributed by atoms with Crippen LogP contribution in [-0.2, 0) is 17.4 Å². The summed E-state index contributed by atoms with van der Waals surface area (Å²) in [6, 6.07) is 3.46. The van der Waals surface area contributed by atoms with Crippen LogP contribution in [0.3, 0.4) is 0 Å². The monoisotopic (exact) mass is 309 g/mol. The second-order valence-corrected chi connectivity index (χ2v) is 4.82. The van der Waals surface area contributed by atoms with E-state index >= 15 is 0 Å². The van der Waals surface area contributed by atoms with E-state index in [1.807, 2.05) is 0 Å². The van der Waals surface area contributed by atoms with Crippen LogP contribution in [0.4, 0.5) is 13.2 Å². The molecule has 1 aromatic carbocycles. The fourth-order valence-electron chi connectivity index (χ4n) is 1.36. The molecule has 1 unspecified atom stereocenters. The smallest absolute Gasteiger partial charge is 0.369 e. The third-order valence-corrected chi connectivity index (χ3v) is 3.16. The second-order valence-electron chi connectivity index (χ2n) is 3.71. The molecule has 1 atom stereocenters. The lowest BCUT2D eigenvalue weighted by molar-refractivity contribution is -0.137. The molecule has 0 saturated heterocycles. The zero-order chi connectivity index (χ0) is 13.2. The standard InChI is InChI=1S/C11H11BrF3NO/c1-6-2-3-8(11(13,14)15)4-7(6)5-9(12)10(16)17/h2-4,9H,5H2,1H3,(H2,16,17). The van der Waals surface area contributed by atoms with E-state index in [-0.39, 0.29) is 6.42 Å². The molecule has 0 spiro atoms. The molecule has 0 heterocycles. The van der Waals surface area contributed by atoms with E-state index < -0.39 is 22.5 Å². The van der Waals surface area contributed by atoms with Crippen molar-refractivity contribution in [1.29, 1.82) is 0 Å². The number of aryl methyl sites for hydroxylation is 1. The minimum Gasteiger partial charge on any atom is -0.369 e. The van der Waals surface area contributed by atoms with Crippen molar-refractivity contribution >= 4 is 21.8 Å². The van der Waals surface area contributed by atoms with Gasteiger partial charge >= 0.3 is 6.18 Å². The highest BCUT2D eigenvalue weighted by Crippen LogP contribution is 2.31. The zero-order valence-electron chi connectivity index (χ0n) is 9.01. The van der Waals surface area contributed by atoms with Gasteiger partial charge in [-0.3, -0.25) is 4.79 Å². The lowest BCUT2D eigenvalue weighted by Crippen LogP contribution is -2.25. The Bertz CT molecular complexity index is 431. The molecule has 0 aliphatic rings. The van der Waals surface area contributed by atoms with Crippen LogP contribution in [0.1, 0.15) is 16.7 Å². The SMILES string of the molecule is Cc1ccc(C(F)(F)F)cc1CC(Br)C(N)=O. The van der Waals surface area contributed by atoms with Gasteiger partial charge in [0.15, 0.2) is 0 Å². The number of carbonyl (C=O) groups is 1. The van der Waals surface area contributed by atoms with Crippen LogP contribution in [0.2, 0.25) is 0 Å². The number of amides is 1. The fourth-order valence-corrected chi connectivity index (χ4v) is 1.71. The van der Waals surface area contributed by atoms with Gasteiger partial charge in [0, 0.05) is 0 Å². The number of hydrogen-bond acceptors (Lipinski definition) is 1. The van der Waals surface area contributed by atoms with Gasteiger partial charge in [-0.1, -0.05) is 22.0 Å².